The van der Waals surface area contributed by atoms with Gasteiger partial charge >= 0.3 is 12.1 Å². The van der Waals surface area contributed by atoms with Gasteiger partial charge in [-0.25, -0.2) is 4.79 Å². The molecule has 0 radical (unpaired) electrons. The minimum Gasteiger partial charge on any atom is -0.466 e. The number of benzene rings is 1. The van der Waals surface area contributed by atoms with E-state index in [1.165, 1.54) is 0 Å². The first kappa shape index (κ1) is 21.1. The van der Waals surface area contributed by atoms with Crippen LogP contribution in [0.15, 0.2) is 30.3 Å². The van der Waals surface area contributed by atoms with Crippen molar-refractivity contribution in [1.82, 2.24) is 4.90 Å². The number of rotatable bonds is 3. The maximum Gasteiger partial charge on any atom is 0.410 e. The van der Waals surface area contributed by atoms with E-state index in [1.54, 1.807) is 17.9 Å². The standard InChI is InChI=1S/C23H29NO5/c1-5-28-21(26)20-14-24(22(27)29-23(2,3)4)11-10-18(20)19-13-16(25)12-15-8-6-7-9-17(15)19/h6-9,13,18,20H,5,10-12,14H2,1-4H3/t18?,20-/m0/s1. The Hall–Kier alpha value is -2.63. The Morgan fingerprint density at radius 3 is 2.62 bits per heavy atom. The van der Waals surface area contributed by atoms with Gasteiger partial charge in [0.05, 0.1) is 12.5 Å². The zero-order valence-corrected chi connectivity index (χ0v) is 17.6. The summed E-state index contributed by atoms with van der Waals surface area (Å²) in [6.45, 7) is 8.15. The Morgan fingerprint density at radius 1 is 1.21 bits per heavy atom. The number of fused-ring (bicyclic) bond motifs is 1. The van der Waals surface area contributed by atoms with E-state index in [0.717, 1.165) is 16.7 Å². The van der Waals surface area contributed by atoms with E-state index in [0.29, 0.717) is 19.4 Å². The predicted octanol–water partition coefficient (Wildman–Crippen LogP) is 3.63. The summed E-state index contributed by atoms with van der Waals surface area (Å²) in [6.07, 6.45) is 2.18. The molecule has 0 saturated carbocycles. The average Bonchev–Trinajstić information content (AvgIpc) is 2.65. The molecule has 1 saturated heterocycles. The first-order valence-electron chi connectivity index (χ1n) is 10.2. The van der Waals surface area contributed by atoms with E-state index in [2.05, 4.69) is 0 Å². The highest BCUT2D eigenvalue weighted by atomic mass is 16.6. The molecule has 1 fully saturated rings. The van der Waals surface area contributed by atoms with Crippen LogP contribution in [0.3, 0.4) is 0 Å². The Kier molecular flexibility index (Phi) is 6.10. The maximum atomic E-state index is 12.8. The quantitative estimate of drug-likeness (QED) is 0.726. The van der Waals surface area contributed by atoms with Crippen molar-refractivity contribution in [1.29, 1.82) is 0 Å². The van der Waals surface area contributed by atoms with E-state index >= 15 is 0 Å². The van der Waals surface area contributed by atoms with E-state index in [9.17, 15) is 14.4 Å². The molecule has 1 aliphatic carbocycles. The number of ketones is 1. The van der Waals surface area contributed by atoms with Gasteiger partial charge in [0.1, 0.15) is 5.60 Å². The fourth-order valence-corrected chi connectivity index (χ4v) is 4.06. The van der Waals surface area contributed by atoms with E-state index in [4.69, 9.17) is 9.47 Å². The van der Waals surface area contributed by atoms with Crippen LogP contribution >= 0.6 is 0 Å². The lowest BCUT2D eigenvalue weighted by Crippen LogP contribution is -2.49. The molecule has 1 aromatic rings. The molecule has 2 aliphatic rings. The number of esters is 1. The third-order valence-electron chi connectivity index (χ3n) is 5.26. The molecule has 1 amide bonds. The molecule has 0 bridgehead atoms. The lowest BCUT2D eigenvalue weighted by molar-refractivity contribution is -0.151. The van der Waals surface area contributed by atoms with Gasteiger partial charge in [0.2, 0.25) is 0 Å². The second-order valence-corrected chi connectivity index (χ2v) is 8.58. The van der Waals surface area contributed by atoms with Gasteiger partial charge in [-0.3, -0.25) is 9.59 Å². The van der Waals surface area contributed by atoms with Gasteiger partial charge in [-0.1, -0.05) is 24.3 Å². The molecule has 29 heavy (non-hydrogen) atoms. The summed E-state index contributed by atoms with van der Waals surface area (Å²) in [7, 11) is 0. The monoisotopic (exact) mass is 399 g/mol. The Labute approximate surface area is 171 Å². The third kappa shape index (κ3) is 4.86. The Morgan fingerprint density at radius 2 is 1.93 bits per heavy atom. The van der Waals surface area contributed by atoms with Gasteiger partial charge in [-0.15, -0.1) is 0 Å². The smallest absolute Gasteiger partial charge is 0.410 e. The zero-order valence-electron chi connectivity index (χ0n) is 17.6. The first-order chi connectivity index (χ1) is 13.7. The number of carbonyl (C=O) groups excluding carboxylic acids is 3. The van der Waals surface area contributed by atoms with Crippen LogP contribution in [-0.4, -0.2) is 48.0 Å². The first-order valence-corrected chi connectivity index (χ1v) is 10.2. The van der Waals surface area contributed by atoms with Crippen LogP contribution in [0.4, 0.5) is 4.79 Å². The minimum absolute atomic E-state index is 0.0379. The fourth-order valence-electron chi connectivity index (χ4n) is 4.06. The number of hydrogen-bond donors (Lipinski definition) is 0. The van der Waals surface area contributed by atoms with Crippen LogP contribution in [-0.2, 0) is 25.5 Å². The second kappa shape index (κ2) is 8.39. The molecule has 6 heteroatoms. The van der Waals surface area contributed by atoms with Gasteiger partial charge in [0.25, 0.3) is 0 Å². The van der Waals surface area contributed by atoms with E-state index < -0.39 is 17.6 Å². The molecule has 1 heterocycles. The number of piperidine rings is 1. The molecule has 3 rings (SSSR count). The van der Waals surface area contributed by atoms with Crippen LogP contribution in [0, 0.1) is 11.8 Å². The van der Waals surface area contributed by atoms with Crippen molar-refractivity contribution in [2.45, 2.75) is 46.1 Å². The second-order valence-electron chi connectivity index (χ2n) is 8.58. The highest BCUT2D eigenvalue weighted by Crippen LogP contribution is 2.40. The molecule has 1 aromatic carbocycles. The van der Waals surface area contributed by atoms with Crippen LogP contribution in [0.1, 0.15) is 45.2 Å². The summed E-state index contributed by atoms with van der Waals surface area (Å²) < 4.78 is 10.8. The summed E-state index contributed by atoms with van der Waals surface area (Å²) in [5.41, 5.74) is 2.26. The van der Waals surface area contributed by atoms with Gasteiger partial charge in [-0.05, 0) is 56.9 Å². The summed E-state index contributed by atoms with van der Waals surface area (Å²) in [4.78, 5) is 39.2. The summed E-state index contributed by atoms with van der Waals surface area (Å²) in [5, 5.41) is 0. The zero-order chi connectivity index (χ0) is 21.2. The summed E-state index contributed by atoms with van der Waals surface area (Å²) >= 11 is 0. The molecule has 0 aromatic heterocycles. The van der Waals surface area contributed by atoms with Gasteiger partial charge in [0.15, 0.2) is 5.78 Å². The highest BCUT2D eigenvalue weighted by Gasteiger charge is 2.41. The molecule has 2 atom stereocenters. The van der Waals surface area contributed by atoms with E-state index in [-0.39, 0.29) is 30.8 Å². The number of carbonyl (C=O) groups is 3. The third-order valence-corrected chi connectivity index (χ3v) is 5.26. The fraction of sp³-hybridized carbons (Fsp3) is 0.522. The van der Waals surface area contributed by atoms with Gasteiger partial charge < -0.3 is 14.4 Å². The number of amides is 1. The van der Waals surface area contributed by atoms with Crippen molar-refractivity contribution in [3.8, 4) is 0 Å². The molecule has 0 spiro atoms. The SMILES string of the molecule is CCOC(=O)[C@H]1CN(C(=O)OC(C)(C)C)CCC1C1=CC(=O)Cc2ccccc21. The van der Waals surface area contributed by atoms with Crippen LogP contribution in [0.2, 0.25) is 0 Å². The molecule has 156 valence electrons. The maximum absolute atomic E-state index is 12.8. The van der Waals surface area contributed by atoms with Gasteiger partial charge in [0, 0.05) is 25.4 Å². The number of ether oxygens (including phenoxy) is 2. The molecule has 6 nitrogen and oxygen atoms in total. The van der Waals surface area contributed by atoms with Crippen molar-refractivity contribution in [2.24, 2.45) is 11.8 Å². The van der Waals surface area contributed by atoms with Crippen molar-refractivity contribution < 1.29 is 23.9 Å². The summed E-state index contributed by atoms with van der Waals surface area (Å²) in [5.74, 6) is -1.03. The number of nitrogens with zero attached hydrogens (tertiary/aromatic N) is 1. The number of hydrogen-bond acceptors (Lipinski definition) is 5. The topological polar surface area (TPSA) is 72.9 Å². The highest BCUT2D eigenvalue weighted by molar-refractivity contribution is 6.02. The van der Waals surface area contributed by atoms with E-state index in [1.807, 2.05) is 45.0 Å². The van der Waals surface area contributed by atoms with Crippen LogP contribution < -0.4 is 0 Å². The normalized spacial score (nSPS) is 21.9. The average molecular weight is 399 g/mol. The largest absolute Gasteiger partial charge is 0.466 e. The number of likely N-dealkylation sites (tertiary alicyclic amines) is 1. The molecule has 0 N–H and O–H groups in total. The lowest BCUT2D eigenvalue weighted by Gasteiger charge is -2.39. The number of allylic oxidation sites excluding steroid dienone is 2. The van der Waals surface area contributed by atoms with Crippen molar-refractivity contribution in [2.75, 3.05) is 19.7 Å². The lowest BCUT2D eigenvalue weighted by atomic mass is 9.74. The Bertz CT molecular complexity index is 836. The predicted molar refractivity (Wildman–Crippen MR) is 109 cm³/mol. The summed E-state index contributed by atoms with van der Waals surface area (Å²) in [6, 6.07) is 7.81. The molecular weight excluding hydrogens is 370 g/mol. The molecule has 1 aliphatic heterocycles. The van der Waals surface area contributed by atoms with Crippen molar-refractivity contribution >= 4 is 23.4 Å². The van der Waals surface area contributed by atoms with Crippen molar-refractivity contribution in [3.05, 3.63) is 41.5 Å². The van der Waals surface area contributed by atoms with Crippen LogP contribution in [0.5, 0.6) is 0 Å². The van der Waals surface area contributed by atoms with Crippen molar-refractivity contribution in [3.63, 3.8) is 0 Å². The minimum atomic E-state index is -0.607. The molecular formula is C23H29NO5. The van der Waals surface area contributed by atoms with Gasteiger partial charge in [-0.2, -0.15) is 0 Å². The Balaban J connectivity index is 1.89. The van der Waals surface area contributed by atoms with Crippen LogP contribution in [0.25, 0.3) is 5.57 Å². The molecule has 1 unspecified atom stereocenters.